The maximum Gasteiger partial charge on any atom is 0.307 e. The van der Waals surface area contributed by atoms with Crippen LogP contribution in [0.2, 0.25) is 0 Å². The second-order valence-electron chi connectivity index (χ2n) is 6.72. The van der Waals surface area contributed by atoms with Crippen molar-refractivity contribution in [3.8, 4) is 0 Å². The van der Waals surface area contributed by atoms with Gasteiger partial charge in [-0.25, -0.2) is 10.9 Å². The number of rotatable bonds is 10. The molecule has 3 rings (SSSR count). The number of hydrazone groups is 2. The largest absolute Gasteiger partial charge is 0.446 e. The highest BCUT2D eigenvalue weighted by Crippen LogP contribution is 2.08. The minimum atomic E-state index is -0.527. The summed E-state index contributed by atoms with van der Waals surface area (Å²) in [6.07, 6.45) is 6.31. The molecular formula is C24H24N4O3. The third-order valence-corrected chi connectivity index (χ3v) is 4.38. The molecule has 3 aromatic rings. The molecule has 0 fully saturated rings. The van der Waals surface area contributed by atoms with Crippen LogP contribution in [0, 0.1) is 0 Å². The third-order valence-electron chi connectivity index (χ3n) is 4.38. The first kappa shape index (κ1) is 21.7. The van der Waals surface area contributed by atoms with E-state index in [4.69, 9.17) is 4.42 Å². The van der Waals surface area contributed by atoms with E-state index in [2.05, 4.69) is 21.1 Å². The van der Waals surface area contributed by atoms with E-state index in [1.54, 1.807) is 12.4 Å². The fourth-order valence-electron chi connectivity index (χ4n) is 2.78. The highest BCUT2D eigenvalue weighted by atomic mass is 16.4. The fourth-order valence-corrected chi connectivity index (χ4v) is 2.78. The number of hydrogen-bond donors (Lipinski definition) is 2. The highest BCUT2D eigenvalue weighted by molar-refractivity contribution is 5.95. The molecule has 7 nitrogen and oxygen atoms in total. The second-order valence-corrected chi connectivity index (χ2v) is 6.72. The molecule has 0 bridgehead atoms. The number of benzene rings is 2. The average Bonchev–Trinajstić information content (AvgIpc) is 3.30. The molecular weight excluding hydrogens is 392 g/mol. The van der Waals surface area contributed by atoms with Gasteiger partial charge < -0.3 is 4.42 Å². The average molecular weight is 416 g/mol. The molecule has 0 aliphatic carbocycles. The van der Waals surface area contributed by atoms with Crippen LogP contribution in [0.4, 0.5) is 0 Å². The minimum Gasteiger partial charge on any atom is -0.446 e. The van der Waals surface area contributed by atoms with E-state index in [0.29, 0.717) is 12.8 Å². The van der Waals surface area contributed by atoms with Gasteiger partial charge in [0.2, 0.25) is 0 Å². The lowest BCUT2D eigenvalue weighted by molar-refractivity contribution is 0.0902. The van der Waals surface area contributed by atoms with E-state index in [0.717, 1.165) is 12.8 Å². The molecule has 1 heterocycles. The second kappa shape index (κ2) is 11.9. The van der Waals surface area contributed by atoms with Crippen LogP contribution in [-0.4, -0.2) is 24.2 Å². The SMILES string of the molecule is O=C(N/N=C/CCc1ccccc1)c1ccc(C(=O)N/N=C/CCc2ccccc2)o1. The lowest BCUT2D eigenvalue weighted by Gasteiger charge is -1.98. The summed E-state index contributed by atoms with van der Waals surface area (Å²) in [6, 6.07) is 22.8. The number of furan rings is 1. The molecule has 0 unspecified atom stereocenters. The van der Waals surface area contributed by atoms with Crippen molar-refractivity contribution in [1.29, 1.82) is 0 Å². The van der Waals surface area contributed by atoms with Gasteiger partial charge >= 0.3 is 11.8 Å². The van der Waals surface area contributed by atoms with E-state index in [9.17, 15) is 9.59 Å². The molecule has 0 saturated heterocycles. The maximum atomic E-state index is 12.1. The van der Waals surface area contributed by atoms with Gasteiger partial charge in [0.05, 0.1) is 0 Å². The number of hydrogen-bond acceptors (Lipinski definition) is 5. The lowest BCUT2D eigenvalue weighted by Crippen LogP contribution is -2.18. The molecule has 2 aromatic carbocycles. The van der Waals surface area contributed by atoms with Crippen LogP contribution in [0.1, 0.15) is 45.1 Å². The molecule has 7 heteroatoms. The monoisotopic (exact) mass is 416 g/mol. The normalized spacial score (nSPS) is 11.1. The van der Waals surface area contributed by atoms with Gasteiger partial charge in [0.15, 0.2) is 11.5 Å². The van der Waals surface area contributed by atoms with Crippen molar-refractivity contribution < 1.29 is 14.0 Å². The molecule has 31 heavy (non-hydrogen) atoms. The number of carbonyl (C=O) groups excluding carboxylic acids is 2. The van der Waals surface area contributed by atoms with Crippen LogP contribution >= 0.6 is 0 Å². The van der Waals surface area contributed by atoms with Crippen molar-refractivity contribution in [2.24, 2.45) is 10.2 Å². The van der Waals surface area contributed by atoms with Crippen LogP contribution in [0.25, 0.3) is 0 Å². The first-order valence-electron chi connectivity index (χ1n) is 10.0. The first-order chi connectivity index (χ1) is 15.2. The Morgan fingerprint density at radius 2 is 1.10 bits per heavy atom. The zero-order valence-corrected chi connectivity index (χ0v) is 17.0. The van der Waals surface area contributed by atoms with Gasteiger partial charge in [0.1, 0.15) is 0 Å². The zero-order valence-electron chi connectivity index (χ0n) is 17.0. The smallest absolute Gasteiger partial charge is 0.307 e. The number of carbonyl (C=O) groups is 2. The third kappa shape index (κ3) is 7.40. The van der Waals surface area contributed by atoms with E-state index in [1.807, 2.05) is 60.7 Å². The Kier molecular flexibility index (Phi) is 8.31. The van der Waals surface area contributed by atoms with Crippen molar-refractivity contribution in [2.75, 3.05) is 0 Å². The van der Waals surface area contributed by atoms with Crippen molar-refractivity contribution in [1.82, 2.24) is 10.9 Å². The Hall–Kier alpha value is -4.00. The van der Waals surface area contributed by atoms with Crippen molar-refractivity contribution in [3.63, 3.8) is 0 Å². The number of amides is 2. The molecule has 0 spiro atoms. The van der Waals surface area contributed by atoms with Gasteiger partial charge in [-0.3, -0.25) is 9.59 Å². The molecule has 1 aromatic heterocycles. The first-order valence-corrected chi connectivity index (χ1v) is 10.0. The van der Waals surface area contributed by atoms with Gasteiger partial charge in [-0.05, 0) is 48.9 Å². The Balaban J connectivity index is 1.38. The fraction of sp³-hybridized carbons (Fsp3) is 0.167. The van der Waals surface area contributed by atoms with Crippen LogP contribution in [0.5, 0.6) is 0 Å². The van der Waals surface area contributed by atoms with Gasteiger partial charge in [0, 0.05) is 12.4 Å². The van der Waals surface area contributed by atoms with Crippen LogP contribution in [0.15, 0.2) is 87.4 Å². The predicted octanol–water partition coefficient (Wildman–Crippen LogP) is 3.98. The molecule has 0 atom stereocenters. The molecule has 0 aliphatic heterocycles. The summed E-state index contributed by atoms with van der Waals surface area (Å²) in [5, 5.41) is 7.81. The van der Waals surface area contributed by atoms with E-state index in [-0.39, 0.29) is 11.5 Å². The van der Waals surface area contributed by atoms with Crippen LogP contribution in [-0.2, 0) is 12.8 Å². The topological polar surface area (TPSA) is 96.1 Å². The summed E-state index contributed by atoms with van der Waals surface area (Å²) in [5.74, 6) is -1.06. The Morgan fingerprint density at radius 3 is 1.52 bits per heavy atom. The molecule has 2 amide bonds. The number of aryl methyl sites for hydroxylation is 2. The molecule has 158 valence electrons. The summed E-state index contributed by atoms with van der Waals surface area (Å²) in [6.45, 7) is 0. The molecule has 0 aliphatic rings. The van der Waals surface area contributed by atoms with Crippen LogP contribution < -0.4 is 10.9 Å². The molecule has 0 saturated carbocycles. The predicted molar refractivity (Wildman–Crippen MR) is 120 cm³/mol. The van der Waals surface area contributed by atoms with Crippen molar-refractivity contribution in [3.05, 3.63) is 95.4 Å². The minimum absolute atomic E-state index is 0.00147. The van der Waals surface area contributed by atoms with E-state index in [1.165, 1.54) is 23.3 Å². The lowest BCUT2D eigenvalue weighted by atomic mass is 10.1. The standard InChI is InChI=1S/C24H24N4O3/c29-23(27-25-17-7-13-19-9-3-1-4-10-19)21-15-16-22(31-21)24(30)28-26-18-8-14-20-11-5-2-6-12-20/h1-6,9-12,15-18H,7-8,13-14H2,(H,27,29)(H,28,30)/b25-17+,26-18+. The van der Waals surface area contributed by atoms with E-state index < -0.39 is 11.8 Å². The summed E-state index contributed by atoms with van der Waals surface area (Å²) >= 11 is 0. The summed E-state index contributed by atoms with van der Waals surface area (Å²) in [7, 11) is 0. The Labute approximate surface area is 180 Å². The highest BCUT2D eigenvalue weighted by Gasteiger charge is 2.14. The van der Waals surface area contributed by atoms with Gasteiger partial charge in [-0.2, -0.15) is 10.2 Å². The van der Waals surface area contributed by atoms with Gasteiger partial charge in [-0.1, -0.05) is 60.7 Å². The van der Waals surface area contributed by atoms with Crippen molar-refractivity contribution >= 4 is 24.2 Å². The Morgan fingerprint density at radius 1 is 0.677 bits per heavy atom. The molecule has 0 radical (unpaired) electrons. The van der Waals surface area contributed by atoms with E-state index >= 15 is 0 Å². The number of nitrogens with zero attached hydrogens (tertiary/aromatic N) is 2. The molecule has 2 N–H and O–H groups in total. The Bertz CT molecular complexity index is 945. The van der Waals surface area contributed by atoms with Crippen LogP contribution in [0.3, 0.4) is 0 Å². The summed E-state index contributed by atoms with van der Waals surface area (Å²) in [5.41, 5.74) is 7.17. The maximum absolute atomic E-state index is 12.1. The number of nitrogens with one attached hydrogen (secondary N) is 2. The van der Waals surface area contributed by atoms with Gasteiger partial charge in [0.25, 0.3) is 0 Å². The summed E-state index contributed by atoms with van der Waals surface area (Å²) in [4.78, 5) is 24.1. The van der Waals surface area contributed by atoms with Gasteiger partial charge in [-0.15, -0.1) is 0 Å². The summed E-state index contributed by atoms with van der Waals surface area (Å²) < 4.78 is 5.29. The van der Waals surface area contributed by atoms with Crippen molar-refractivity contribution in [2.45, 2.75) is 25.7 Å². The quantitative estimate of drug-likeness (QED) is 0.387. The zero-order chi connectivity index (χ0) is 21.7.